The zero-order valence-corrected chi connectivity index (χ0v) is 13.6. The number of fused-ring (bicyclic) bond motifs is 4. The fourth-order valence-electron chi connectivity index (χ4n) is 4.04. The molecule has 2 bridgehead atoms. The third-order valence-corrected chi connectivity index (χ3v) is 5.63. The Morgan fingerprint density at radius 3 is 2.83 bits per heavy atom. The summed E-state index contributed by atoms with van der Waals surface area (Å²) in [6.07, 6.45) is 7.55. The summed E-state index contributed by atoms with van der Waals surface area (Å²) in [5.41, 5.74) is 0. The zero-order chi connectivity index (χ0) is 15.8. The van der Waals surface area contributed by atoms with Crippen molar-refractivity contribution < 1.29 is 9.53 Å². The number of aromatic nitrogens is 2. The summed E-state index contributed by atoms with van der Waals surface area (Å²) in [5, 5.41) is 0. The van der Waals surface area contributed by atoms with Crippen molar-refractivity contribution in [3.8, 4) is 5.88 Å². The first kappa shape index (κ1) is 14.7. The van der Waals surface area contributed by atoms with Gasteiger partial charge in [0.25, 0.3) is 0 Å². The molecular formula is C17H24N4O2. The van der Waals surface area contributed by atoms with E-state index < -0.39 is 0 Å². The Balaban J connectivity index is 1.55. The van der Waals surface area contributed by atoms with Crippen molar-refractivity contribution in [3.05, 3.63) is 12.4 Å². The largest absolute Gasteiger partial charge is 0.481 e. The van der Waals surface area contributed by atoms with Crippen molar-refractivity contribution in [2.24, 2.45) is 11.8 Å². The van der Waals surface area contributed by atoms with Crippen LogP contribution in [0.4, 0.5) is 5.82 Å². The zero-order valence-electron chi connectivity index (χ0n) is 13.6. The van der Waals surface area contributed by atoms with Gasteiger partial charge in [0.2, 0.25) is 11.8 Å². The molecule has 23 heavy (non-hydrogen) atoms. The Morgan fingerprint density at radius 2 is 2.09 bits per heavy atom. The normalized spacial score (nSPS) is 27.8. The Kier molecular flexibility index (Phi) is 3.83. The van der Waals surface area contributed by atoms with Gasteiger partial charge in [-0.05, 0) is 31.6 Å². The van der Waals surface area contributed by atoms with Crippen LogP contribution in [-0.4, -0.2) is 53.6 Å². The monoisotopic (exact) mass is 316 g/mol. The van der Waals surface area contributed by atoms with Crippen LogP contribution in [0.1, 0.15) is 32.1 Å². The van der Waals surface area contributed by atoms with Crippen molar-refractivity contribution in [3.63, 3.8) is 0 Å². The van der Waals surface area contributed by atoms with E-state index in [-0.39, 0.29) is 5.92 Å². The van der Waals surface area contributed by atoms with Crippen LogP contribution in [0.2, 0.25) is 0 Å². The van der Waals surface area contributed by atoms with Crippen LogP contribution < -0.4 is 9.64 Å². The third-order valence-electron chi connectivity index (χ3n) is 5.63. The predicted molar refractivity (Wildman–Crippen MR) is 86.4 cm³/mol. The molecule has 4 fully saturated rings. The van der Waals surface area contributed by atoms with Crippen LogP contribution >= 0.6 is 0 Å². The van der Waals surface area contributed by atoms with Crippen LogP contribution in [-0.2, 0) is 4.79 Å². The van der Waals surface area contributed by atoms with E-state index in [1.54, 1.807) is 7.11 Å². The SMILES string of the molecule is COc1cc(N2C[C@H]3CC[C@@H](C2)N(CC2CCC2)C3=O)ncn1. The first-order chi connectivity index (χ1) is 11.2. The molecule has 0 spiro atoms. The standard InChI is InChI=1S/C17H24N4O2/c1-23-16-7-15(18-11-19-16)20-9-13-5-6-14(10-20)21(17(13)22)8-12-3-2-4-12/h7,11-14H,2-6,8-10H2,1H3/t13-,14+/m1/s1. The van der Waals surface area contributed by atoms with E-state index >= 15 is 0 Å². The Morgan fingerprint density at radius 1 is 1.22 bits per heavy atom. The Bertz CT molecular complexity index is 590. The van der Waals surface area contributed by atoms with Gasteiger partial charge in [0.05, 0.1) is 13.0 Å². The van der Waals surface area contributed by atoms with Gasteiger partial charge in [0.1, 0.15) is 12.1 Å². The highest BCUT2D eigenvalue weighted by Gasteiger charge is 2.42. The molecule has 1 aromatic heterocycles. The lowest BCUT2D eigenvalue weighted by atomic mass is 9.83. The maximum atomic E-state index is 12.8. The molecule has 124 valence electrons. The van der Waals surface area contributed by atoms with Crippen LogP contribution in [0.5, 0.6) is 5.88 Å². The van der Waals surface area contributed by atoms with Gasteiger partial charge in [-0.1, -0.05) is 6.42 Å². The van der Waals surface area contributed by atoms with E-state index in [1.165, 1.54) is 25.6 Å². The second-order valence-corrected chi connectivity index (χ2v) is 7.04. The number of carbonyl (C=O) groups excluding carboxylic acids is 1. The Labute approximate surface area is 136 Å². The number of methoxy groups -OCH3 is 1. The molecule has 5 rings (SSSR count). The second kappa shape index (κ2) is 5.98. The third kappa shape index (κ3) is 2.75. The van der Waals surface area contributed by atoms with Gasteiger partial charge in [0.15, 0.2) is 0 Å². The van der Waals surface area contributed by atoms with E-state index in [0.29, 0.717) is 17.8 Å². The topological polar surface area (TPSA) is 58.6 Å². The fourth-order valence-corrected chi connectivity index (χ4v) is 4.04. The van der Waals surface area contributed by atoms with Gasteiger partial charge in [-0.25, -0.2) is 9.97 Å². The van der Waals surface area contributed by atoms with Gasteiger partial charge < -0.3 is 14.5 Å². The lowest BCUT2D eigenvalue weighted by molar-refractivity contribution is -0.141. The molecule has 6 heteroatoms. The van der Waals surface area contributed by atoms with Crippen LogP contribution in [0.25, 0.3) is 0 Å². The lowest BCUT2D eigenvalue weighted by Gasteiger charge is -2.40. The van der Waals surface area contributed by atoms with Crippen molar-refractivity contribution in [2.75, 3.05) is 31.6 Å². The number of amides is 1. The molecular weight excluding hydrogens is 292 g/mol. The molecule has 0 radical (unpaired) electrons. The van der Waals surface area contributed by atoms with Crippen molar-refractivity contribution >= 4 is 11.7 Å². The lowest BCUT2D eigenvalue weighted by Crippen LogP contribution is -2.50. The number of piperidine rings is 1. The summed E-state index contributed by atoms with van der Waals surface area (Å²) >= 11 is 0. The van der Waals surface area contributed by atoms with Crippen LogP contribution in [0.15, 0.2) is 12.4 Å². The molecule has 3 aliphatic heterocycles. The number of hydrogen-bond donors (Lipinski definition) is 0. The molecule has 0 N–H and O–H groups in total. The maximum absolute atomic E-state index is 12.8. The van der Waals surface area contributed by atoms with Gasteiger partial charge in [-0.2, -0.15) is 0 Å². The van der Waals surface area contributed by atoms with E-state index in [0.717, 1.165) is 44.2 Å². The smallest absolute Gasteiger partial charge is 0.227 e. The summed E-state index contributed by atoms with van der Waals surface area (Å²) in [6, 6.07) is 2.19. The van der Waals surface area contributed by atoms with E-state index in [4.69, 9.17) is 4.74 Å². The average Bonchev–Trinajstić information content (AvgIpc) is 2.83. The van der Waals surface area contributed by atoms with Crippen molar-refractivity contribution in [1.82, 2.24) is 14.9 Å². The number of nitrogens with zero attached hydrogens (tertiary/aromatic N) is 4. The molecule has 0 unspecified atom stereocenters. The fraction of sp³-hybridized carbons (Fsp3) is 0.706. The predicted octanol–water partition coefficient (Wildman–Crippen LogP) is 1.71. The van der Waals surface area contributed by atoms with E-state index in [1.807, 2.05) is 6.07 Å². The van der Waals surface area contributed by atoms with E-state index in [2.05, 4.69) is 19.8 Å². The molecule has 1 aromatic rings. The van der Waals surface area contributed by atoms with Crippen molar-refractivity contribution in [2.45, 2.75) is 38.1 Å². The minimum absolute atomic E-state index is 0.106. The van der Waals surface area contributed by atoms with Gasteiger partial charge in [-0.3, -0.25) is 4.79 Å². The molecule has 0 aromatic carbocycles. The van der Waals surface area contributed by atoms with Gasteiger partial charge >= 0.3 is 0 Å². The molecule has 3 saturated heterocycles. The number of rotatable bonds is 4. The Hall–Kier alpha value is -1.85. The minimum Gasteiger partial charge on any atom is -0.481 e. The summed E-state index contributed by atoms with van der Waals surface area (Å²) in [5.74, 6) is 2.63. The highest BCUT2D eigenvalue weighted by Crippen LogP contribution is 2.35. The second-order valence-electron chi connectivity index (χ2n) is 7.04. The summed E-state index contributed by atoms with van der Waals surface area (Å²) < 4.78 is 5.21. The van der Waals surface area contributed by atoms with Crippen LogP contribution in [0.3, 0.4) is 0 Å². The molecule has 1 amide bonds. The quantitative estimate of drug-likeness (QED) is 0.846. The molecule has 4 aliphatic rings. The van der Waals surface area contributed by atoms with E-state index in [9.17, 15) is 4.79 Å². The van der Waals surface area contributed by atoms with Crippen LogP contribution in [0, 0.1) is 11.8 Å². The van der Waals surface area contributed by atoms with Gasteiger partial charge in [-0.15, -0.1) is 0 Å². The molecule has 1 saturated carbocycles. The maximum Gasteiger partial charge on any atom is 0.227 e. The summed E-state index contributed by atoms with van der Waals surface area (Å²) in [4.78, 5) is 25.7. The first-order valence-corrected chi connectivity index (χ1v) is 8.66. The number of carbonyl (C=O) groups is 1. The first-order valence-electron chi connectivity index (χ1n) is 8.66. The summed E-state index contributed by atoms with van der Waals surface area (Å²) in [7, 11) is 1.61. The van der Waals surface area contributed by atoms with Crippen molar-refractivity contribution in [1.29, 1.82) is 0 Å². The number of anilines is 1. The highest BCUT2D eigenvalue weighted by atomic mass is 16.5. The molecule has 2 atom stereocenters. The molecule has 6 nitrogen and oxygen atoms in total. The van der Waals surface area contributed by atoms with Gasteiger partial charge in [0, 0.05) is 31.7 Å². The molecule has 1 aliphatic carbocycles. The molecule has 4 heterocycles. The summed E-state index contributed by atoms with van der Waals surface area (Å²) in [6.45, 7) is 2.59. The number of hydrogen-bond acceptors (Lipinski definition) is 5. The number of ether oxygens (including phenoxy) is 1. The highest BCUT2D eigenvalue weighted by molar-refractivity contribution is 5.81. The minimum atomic E-state index is 0.106. The average molecular weight is 316 g/mol.